The van der Waals surface area contributed by atoms with Crippen molar-refractivity contribution in [1.82, 2.24) is 5.32 Å². The van der Waals surface area contributed by atoms with Crippen LogP contribution in [-0.2, 0) is 6.54 Å². The van der Waals surface area contributed by atoms with Gasteiger partial charge in [-0.05, 0) is 57.8 Å². The van der Waals surface area contributed by atoms with Gasteiger partial charge in [-0.25, -0.2) is 0 Å². The predicted octanol–water partition coefficient (Wildman–Crippen LogP) is 4.79. The normalized spacial score (nSPS) is 14.7. The smallest absolute Gasteiger partial charge is 0.0713 e. The molecule has 2 atom stereocenters. The topological polar surface area (TPSA) is 52.5 Å². The van der Waals surface area contributed by atoms with Gasteiger partial charge < -0.3 is 15.5 Å². The van der Waals surface area contributed by atoms with Gasteiger partial charge in [0.05, 0.1) is 18.2 Å². The maximum absolute atomic E-state index is 10.1. The molecule has 0 aliphatic heterocycles. The lowest BCUT2D eigenvalue weighted by Crippen LogP contribution is -2.53. The molecule has 0 spiro atoms. The van der Waals surface area contributed by atoms with E-state index in [2.05, 4.69) is 72.0 Å². The number of aliphatic hydroxyl groups excluding tert-OH is 2. The largest absolute Gasteiger partial charge is 0.394 e. The summed E-state index contributed by atoms with van der Waals surface area (Å²) < 4.78 is 0. The Bertz CT molecular complexity index is 1130. The summed E-state index contributed by atoms with van der Waals surface area (Å²) in [5, 5.41) is 30.5. The Labute approximate surface area is 171 Å². The molecule has 0 heterocycles. The minimum atomic E-state index is -0.741. The monoisotopic (exact) mass is 395 g/mol. The maximum Gasteiger partial charge on any atom is 0.0713 e. The van der Waals surface area contributed by atoms with Crippen molar-refractivity contribution in [2.45, 2.75) is 32.0 Å². The quantitative estimate of drug-likeness (QED) is 0.426. The highest BCUT2D eigenvalue weighted by molar-refractivity contribution is 6.18. The lowest BCUT2D eigenvalue weighted by atomic mass is 9.92. The van der Waals surface area contributed by atoms with E-state index in [-0.39, 0.29) is 19.0 Å². The number of fused-ring (bicyclic) bond motifs is 5. The van der Waals surface area contributed by atoms with Crippen LogP contribution in [0.5, 0.6) is 0 Å². The molecular formula is C24H26ClNO2. The number of aliphatic hydroxyl groups is 2. The van der Waals surface area contributed by atoms with Crippen LogP contribution in [0.4, 0.5) is 0 Å². The predicted molar refractivity (Wildman–Crippen MR) is 120 cm³/mol. The minimum absolute atomic E-state index is 0. The van der Waals surface area contributed by atoms with Gasteiger partial charge in [0.2, 0.25) is 0 Å². The summed E-state index contributed by atoms with van der Waals surface area (Å²) in [7, 11) is 0. The molecule has 0 radical (unpaired) electrons. The van der Waals surface area contributed by atoms with Gasteiger partial charge in [-0.3, -0.25) is 0 Å². The molecule has 4 heteroatoms. The van der Waals surface area contributed by atoms with E-state index in [9.17, 15) is 10.2 Å². The van der Waals surface area contributed by atoms with Crippen LogP contribution in [0.2, 0.25) is 0 Å². The van der Waals surface area contributed by atoms with E-state index in [1.165, 1.54) is 32.3 Å². The summed E-state index contributed by atoms with van der Waals surface area (Å²) in [5.41, 5.74) is 0.421. The van der Waals surface area contributed by atoms with Crippen LogP contribution in [-0.4, -0.2) is 28.5 Å². The van der Waals surface area contributed by atoms with Gasteiger partial charge >= 0.3 is 0 Å². The minimum Gasteiger partial charge on any atom is -0.394 e. The number of rotatable bonds is 5. The summed E-state index contributed by atoms with van der Waals surface area (Å²) >= 11 is 0. The van der Waals surface area contributed by atoms with Gasteiger partial charge in [0.25, 0.3) is 0 Å². The van der Waals surface area contributed by atoms with E-state index in [0.29, 0.717) is 6.54 Å². The van der Waals surface area contributed by atoms with Crippen LogP contribution < -0.4 is 5.32 Å². The molecule has 0 unspecified atom stereocenters. The van der Waals surface area contributed by atoms with E-state index in [4.69, 9.17) is 0 Å². The van der Waals surface area contributed by atoms with Crippen LogP contribution in [0.1, 0.15) is 19.4 Å². The fourth-order valence-electron chi connectivity index (χ4n) is 3.72. The molecule has 3 N–H and O–H groups in total. The van der Waals surface area contributed by atoms with Crippen molar-refractivity contribution in [3.05, 3.63) is 72.3 Å². The van der Waals surface area contributed by atoms with Gasteiger partial charge in [-0.2, -0.15) is 0 Å². The standard InChI is InChI=1S/C24H25NO2.ClH/c1-16(27)24(2,15-26)25-14-18-13-23-19-8-4-3-7-17(19)11-12-22(23)21-10-6-5-9-20(18)21;/h3-13,16,25-27H,14-15H2,1-2H3;1H/t16-,24+;/m0./s1. The molecule has 146 valence electrons. The Balaban J connectivity index is 0.00000225. The first-order valence-corrected chi connectivity index (χ1v) is 9.39. The van der Waals surface area contributed by atoms with E-state index in [0.717, 1.165) is 5.56 Å². The van der Waals surface area contributed by atoms with Gasteiger partial charge in [0.1, 0.15) is 0 Å². The third-order valence-corrected chi connectivity index (χ3v) is 5.79. The Kier molecular flexibility index (Phi) is 5.92. The van der Waals surface area contributed by atoms with Gasteiger partial charge in [0, 0.05) is 6.54 Å². The molecule has 0 bridgehead atoms. The summed E-state index contributed by atoms with van der Waals surface area (Å²) in [4.78, 5) is 0. The fraction of sp³-hybridized carbons (Fsp3) is 0.250. The molecule has 4 aromatic carbocycles. The third-order valence-electron chi connectivity index (χ3n) is 5.79. The van der Waals surface area contributed by atoms with Crippen LogP contribution in [0.15, 0.2) is 66.7 Å². The molecule has 0 saturated heterocycles. The number of hydrogen-bond donors (Lipinski definition) is 3. The number of benzene rings is 4. The van der Waals surface area contributed by atoms with E-state index < -0.39 is 11.6 Å². The summed E-state index contributed by atoms with van der Waals surface area (Å²) in [6, 6.07) is 23.5. The number of nitrogens with one attached hydrogen (secondary N) is 1. The molecule has 0 aliphatic carbocycles. The first-order chi connectivity index (χ1) is 13.0. The third kappa shape index (κ3) is 3.47. The second-order valence-electron chi connectivity index (χ2n) is 7.57. The molecule has 4 aromatic rings. The highest BCUT2D eigenvalue weighted by Gasteiger charge is 2.28. The van der Waals surface area contributed by atoms with E-state index in [1.54, 1.807) is 6.92 Å². The second-order valence-corrected chi connectivity index (χ2v) is 7.57. The molecule has 0 amide bonds. The molecule has 4 rings (SSSR count). The summed E-state index contributed by atoms with van der Waals surface area (Å²) in [6.45, 7) is 3.99. The first-order valence-electron chi connectivity index (χ1n) is 9.39. The van der Waals surface area contributed by atoms with Crippen molar-refractivity contribution in [2.75, 3.05) is 6.61 Å². The Morgan fingerprint density at radius 1 is 0.857 bits per heavy atom. The Morgan fingerprint density at radius 3 is 2.14 bits per heavy atom. The summed E-state index contributed by atoms with van der Waals surface area (Å²) in [6.07, 6.45) is -0.657. The SMILES string of the molecule is C[C@H](O)[C@@](C)(CO)NCc1cc2c3ccccc3ccc2c2ccccc12.Cl. The van der Waals surface area contributed by atoms with Gasteiger partial charge in [-0.15, -0.1) is 12.4 Å². The zero-order valence-corrected chi connectivity index (χ0v) is 17.0. The van der Waals surface area contributed by atoms with Gasteiger partial charge in [-0.1, -0.05) is 60.7 Å². The number of halogens is 1. The van der Waals surface area contributed by atoms with Crippen molar-refractivity contribution >= 4 is 44.7 Å². The second kappa shape index (κ2) is 8.06. The first kappa shape index (κ1) is 20.6. The maximum atomic E-state index is 10.1. The van der Waals surface area contributed by atoms with Gasteiger partial charge in [0.15, 0.2) is 0 Å². The van der Waals surface area contributed by atoms with Crippen molar-refractivity contribution in [3.63, 3.8) is 0 Å². The zero-order chi connectivity index (χ0) is 19.0. The highest BCUT2D eigenvalue weighted by atomic mass is 35.5. The van der Waals surface area contributed by atoms with Crippen LogP contribution in [0.3, 0.4) is 0 Å². The molecule has 3 nitrogen and oxygen atoms in total. The van der Waals surface area contributed by atoms with Crippen molar-refractivity contribution in [3.8, 4) is 0 Å². The average Bonchev–Trinajstić information content (AvgIpc) is 2.71. The molecule has 0 saturated carbocycles. The molecule has 28 heavy (non-hydrogen) atoms. The van der Waals surface area contributed by atoms with Crippen LogP contribution >= 0.6 is 12.4 Å². The van der Waals surface area contributed by atoms with Crippen molar-refractivity contribution in [1.29, 1.82) is 0 Å². The molecular weight excluding hydrogens is 370 g/mol. The average molecular weight is 396 g/mol. The fourth-order valence-corrected chi connectivity index (χ4v) is 3.72. The molecule has 0 fully saturated rings. The van der Waals surface area contributed by atoms with E-state index in [1.807, 2.05) is 6.92 Å². The lowest BCUT2D eigenvalue weighted by molar-refractivity contribution is 0.0404. The van der Waals surface area contributed by atoms with Crippen molar-refractivity contribution in [2.24, 2.45) is 0 Å². The van der Waals surface area contributed by atoms with Crippen LogP contribution in [0.25, 0.3) is 32.3 Å². The number of hydrogen-bond acceptors (Lipinski definition) is 3. The highest BCUT2D eigenvalue weighted by Crippen LogP contribution is 2.33. The van der Waals surface area contributed by atoms with E-state index >= 15 is 0 Å². The summed E-state index contributed by atoms with van der Waals surface area (Å²) in [5.74, 6) is 0. The molecule has 0 aliphatic rings. The Morgan fingerprint density at radius 2 is 1.46 bits per heavy atom. The Hall–Kier alpha value is -2.17. The van der Waals surface area contributed by atoms with Crippen LogP contribution in [0, 0.1) is 0 Å². The van der Waals surface area contributed by atoms with Crippen molar-refractivity contribution < 1.29 is 10.2 Å². The molecule has 0 aromatic heterocycles. The zero-order valence-electron chi connectivity index (χ0n) is 16.1. The lowest BCUT2D eigenvalue weighted by Gasteiger charge is -2.32.